The Morgan fingerprint density at radius 2 is 1.64 bits per heavy atom. The number of benzene rings is 1. The summed E-state index contributed by atoms with van der Waals surface area (Å²) in [6, 6.07) is 6.94. The molecule has 122 valence electrons. The molecule has 0 saturated carbocycles. The van der Waals surface area contributed by atoms with E-state index in [9.17, 15) is 9.59 Å². The normalized spacial score (nSPS) is 10.4. The van der Waals surface area contributed by atoms with Gasteiger partial charge < -0.3 is 19.3 Å². The monoisotopic (exact) mass is 308 g/mol. The van der Waals surface area contributed by atoms with Gasteiger partial charge >= 0.3 is 5.97 Å². The molecule has 0 N–H and O–H groups in total. The Morgan fingerprint density at radius 1 is 1.00 bits per heavy atom. The summed E-state index contributed by atoms with van der Waals surface area (Å²) in [6.07, 6.45) is 0.186. The minimum absolute atomic E-state index is 0.103. The standard InChI is InChI=1S/C16H24N2O4/c1-17(2)11-12-18(10-9-15(19)22-4)16(20)13-5-7-14(21-3)8-6-13/h5-8H,9-12H2,1-4H3. The van der Waals surface area contributed by atoms with Crippen LogP contribution in [0.1, 0.15) is 16.8 Å². The summed E-state index contributed by atoms with van der Waals surface area (Å²) in [5.74, 6) is 0.275. The first-order valence-corrected chi connectivity index (χ1v) is 7.12. The number of hydrogen-bond donors (Lipinski definition) is 0. The molecule has 1 aromatic rings. The first-order chi connectivity index (χ1) is 10.5. The van der Waals surface area contributed by atoms with Crippen LogP contribution in [0.2, 0.25) is 0 Å². The third-order valence-corrected chi connectivity index (χ3v) is 3.25. The van der Waals surface area contributed by atoms with Gasteiger partial charge in [0.05, 0.1) is 20.6 Å². The molecule has 0 aliphatic carbocycles. The Kier molecular flexibility index (Phi) is 7.39. The molecule has 0 unspecified atom stereocenters. The molecule has 0 saturated heterocycles. The molecule has 6 nitrogen and oxygen atoms in total. The van der Waals surface area contributed by atoms with Crippen LogP contribution in [0.15, 0.2) is 24.3 Å². The number of esters is 1. The van der Waals surface area contributed by atoms with Crippen LogP contribution >= 0.6 is 0 Å². The fourth-order valence-corrected chi connectivity index (χ4v) is 1.88. The summed E-state index contributed by atoms with van der Waals surface area (Å²) in [5.41, 5.74) is 0.574. The zero-order valence-corrected chi connectivity index (χ0v) is 13.7. The molecule has 0 spiro atoms. The highest BCUT2D eigenvalue weighted by Gasteiger charge is 2.17. The van der Waals surface area contributed by atoms with Crippen LogP contribution in [0, 0.1) is 0 Å². The van der Waals surface area contributed by atoms with Gasteiger partial charge in [0, 0.05) is 25.2 Å². The van der Waals surface area contributed by atoms with Crippen molar-refractivity contribution in [1.29, 1.82) is 0 Å². The van der Waals surface area contributed by atoms with Crippen molar-refractivity contribution >= 4 is 11.9 Å². The molecule has 0 fully saturated rings. The molecule has 1 rings (SSSR count). The van der Waals surface area contributed by atoms with E-state index in [-0.39, 0.29) is 18.3 Å². The number of rotatable bonds is 8. The minimum Gasteiger partial charge on any atom is -0.497 e. The highest BCUT2D eigenvalue weighted by Crippen LogP contribution is 2.13. The number of methoxy groups -OCH3 is 2. The van der Waals surface area contributed by atoms with Crippen LogP contribution in [0.5, 0.6) is 5.75 Å². The minimum atomic E-state index is -0.322. The molecule has 0 atom stereocenters. The molecule has 0 bridgehead atoms. The molecule has 0 aliphatic rings. The number of carbonyl (C=O) groups excluding carboxylic acids is 2. The molecule has 1 aromatic carbocycles. The Labute approximate surface area is 131 Å². The molecule has 0 heterocycles. The first-order valence-electron chi connectivity index (χ1n) is 7.12. The van der Waals surface area contributed by atoms with Crippen molar-refractivity contribution in [3.8, 4) is 5.75 Å². The Hall–Kier alpha value is -2.08. The maximum absolute atomic E-state index is 12.6. The summed E-state index contributed by atoms with van der Waals surface area (Å²) in [5, 5.41) is 0. The van der Waals surface area contributed by atoms with Crippen LogP contribution < -0.4 is 4.74 Å². The lowest BCUT2D eigenvalue weighted by Gasteiger charge is -2.24. The van der Waals surface area contributed by atoms with E-state index >= 15 is 0 Å². The molecular weight excluding hydrogens is 284 g/mol. The fraction of sp³-hybridized carbons (Fsp3) is 0.500. The highest BCUT2D eigenvalue weighted by atomic mass is 16.5. The average Bonchev–Trinajstić information content (AvgIpc) is 2.53. The van der Waals surface area contributed by atoms with Gasteiger partial charge in [-0.1, -0.05) is 0 Å². The van der Waals surface area contributed by atoms with Gasteiger partial charge in [0.1, 0.15) is 5.75 Å². The van der Waals surface area contributed by atoms with Crippen molar-refractivity contribution < 1.29 is 19.1 Å². The van der Waals surface area contributed by atoms with Gasteiger partial charge in [0.2, 0.25) is 0 Å². The van der Waals surface area contributed by atoms with Crippen molar-refractivity contribution in [2.24, 2.45) is 0 Å². The second-order valence-electron chi connectivity index (χ2n) is 5.15. The maximum atomic E-state index is 12.6. The lowest BCUT2D eigenvalue weighted by Crippen LogP contribution is -2.38. The largest absolute Gasteiger partial charge is 0.497 e. The van der Waals surface area contributed by atoms with Crippen molar-refractivity contribution in [3.63, 3.8) is 0 Å². The molecule has 22 heavy (non-hydrogen) atoms. The van der Waals surface area contributed by atoms with E-state index in [4.69, 9.17) is 4.74 Å². The van der Waals surface area contributed by atoms with Gasteiger partial charge in [0.15, 0.2) is 0 Å². The number of amides is 1. The lowest BCUT2D eigenvalue weighted by atomic mass is 10.2. The Morgan fingerprint density at radius 3 is 2.14 bits per heavy atom. The topological polar surface area (TPSA) is 59.1 Å². The van der Waals surface area contributed by atoms with Crippen molar-refractivity contribution in [3.05, 3.63) is 29.8 Å². The number of likely N-dealkylation sites (N-methyl/N-ethyl adjacent to an activating group) is 1. The van der Waals surface area contributed by atoms with Crippen LogP contribution in [-0.4, -0.2) is 69.6 Å². The van der Waals surface area contributed by atoms with E-state index in [1.54, 1.807) is 36.3 Å². The third kappa shape index (κ3) is 5.73. The molecule has 1 amide bonds. The zero-order chi connectivity index (χ0) is 16.5. The number of carbonyl (C=O) groups is 2. The van der Waals surface area contributed by atoms with Crippen LogP contribution in [-0.2, 0) is 9.53 Å². The van der Waals surface area contributed by atoms with Gasteiger partial charge in [-0.2, -0.15) is 0 Å². The van der Waals surface area contributed by atoms with Gasteiger partial charge in [-0.15, -0.1) is 0 Å². The summed E-state index contributed by atoms with van der Waals surface area (Å²) in [7, 11) is 6.81. The van der Waals surface area contributed by atoms with Gasteiger partial charge in [-0.05, 0) is 38.4 Å². The third-order valence-electron chi connectivity index (χ3n) is 3.25. The number of ether oxygens (including phenoxy) is 2. The summed E-state index contributed by atoms with van der Waals surface area (Å²) >= 11 is 0. The Balaban J connectivity index is 2.77. The van der Waals surface area contributed by atoms with E-state index in [1.807, 2.05) is 19.0 Å². The SMILES string of the molecule is COC(=O)CCN(CCN(C)C)C(=O)c1ccc(OC)cc1. The first kappa shape index (κ1) is 18.0. The molecule has 0 aromatic heterocycles. The average molecular weight is 308 g/mol. The van der Waals surface area contributed by atoms with Crippen LogP contribution in [0.3, 0.4) is 0 Å². The summed E-state index contributed by atoms with van der Waals surface area (Å²) in [4.78, 5) is 27.5. The zero-order valence-electron chi connectivity index (χ0n) is 13.7. The molecule has 6 heteroatoms. The lowest BCUT2D eigenvalue weighted by molar-refractivity contribution is -0.140. The number of hydrogen-bond acceptors (Lipinski definition) is 5. The van der Waals surface area contributed by atoms with Crippen LogP contribution in [0.4, 0.5) is 0 Å². The second-order valence-corrected chi connectivity index (χ2v) is 5.15. The fourth-order valence-electron chi connectivity index (χ4n) is 1.88. The maximum Gasteiger partial charge on any atom is 0.307 e. The van der Waals surface area contributed by atoms with E-state index in [0.717, 1.165) is 6.54 Å². The van der Waals surface area contributed by atoms with Crippen molar-refractivity contribution in [2.75, 3.05) is 47.9 Å². The summed E-state index contributed by atoms with van der Waals surface area (Å²) < 4.78 is 9.73. The van der Waals surface area contributed by atoms with Gasteiger partial charge in [0.25, 0.3) is 5.91 Å². The van der Waals surface area contributed by atoms with Gasteiger partial charge in [-0.3, -0.25) is 9.59 Å². The quantitative estimate of drug-likeness (QED) is 0.677. The second kappa shape index (κ2) is 9.04. The highest BCUT2D eigenvalue weighted by molar-refractivity contribution is 5.94. The molecular formula is C16H24N2O4. The predicted molar refractivity (Wildman–Crippen MR) is 84.1 cm³/mol. The van der Waals surface area contributed by atoms with E-state index in [1.165, 1.54) is 7.11 Å². The smallest absolute Gasteiger partial charge is 0.307 e. The molecule has 0 radical (unpaired) electrons. The molecule has 0 aliphatic heterocycles. The van der Waals surface area contributed by atoms with E-state index in [0.29, 0.717) is 24.4 Å². The number of nitrogens with zero attached hydrogens (tertiary/aromatic N) is 2. The van der Waals surface area contributed by atoms with Crippen LogP contribution in [0.25, 0.3) is 0 Å². The van der Waals surface area contributed by atoms with E-state index in [2.05, 4.69) is 4.74 Å². The van der Waals surface area contributed by atoms with E-state index < -0.39 is 0 Å². The van der Waals surface area contributed by atoms with Gasteiger partial charge in [-0.25, -0.2) is 0 Å². The Bertz CT molecular complexity index is 485. The predicted octanol–water partition coefficient (Wildman–Crippen LogP) is 1.26. The van der Waals surface area contributed by atoms with Crippen molar-refractivity contribution in [1.82, 2.24) is 9.80 Å². The van der Waals surface area contributed by atoms with Crippen molar-refractivity contribution in [2.45, 2.75) is 6.42 Å². The summed E-state index contributed by atoms with van der Waals surface area (Å²) in [6.45, 7) is 1.61.